The standard InChI is InChI=1S/C43H52FN5O8S/c1-6-27-23-43(27,41(53)49(58(54)55)29-14-15-29)46-39(51)36-20-31(25-48(36)40(52)33(42(2,3)4)21-38(50)47-18-10-13-28(44)24-47)57-37-22-34(26-11-8-7-9-12-26)45-35-19-30(56-5)16-17-32(35)37/h6-9,11-12,16-17,19,22,27-29,31,33,36H,1,10,13-15,18,20-21,23-25H2,2-5H3,(H,46,51)(H,54,55)/t27-,28?,31-,33-,36+,43-/m1/s1. The lowest BCUT2D eigenvalue weighted by Gasteiger charge is -2.37. The van der Waals surface area contributed by atoms with Crippen LogP contribution in [0, 0.1) is 17.3 Å². The number of pyridine rings is 1. The fraction of sp³-hybridized carbons (Fsp3) is 0.512. The van der Waals surface area contributed by atoms with Crippen LogP contribution in [-0.2, 0) is 30.4 Å². The van der Waals surface area contributed by atoms with Crippen molar-refractivity contribution in [3.05, 3.63) is 67.3 Å². The second-order valence-corrected chi connectivity index (χ2v) is 17.9. The van der Waals surface area contributed by atoms with Gasteiger partial charge in [-0.05, 0) is 49.7 Å². The number of benzene rings is 2. The zero-order valence-electron chi connectivity index (χ0n) is 33.4. The Kier molecular flexibility index (Phi) is 11.7. The number of nitrogens with one attached hydrogen (secondary N) is 1. The zero-order chi connectivity index (χ0) is 41.5. The van der Waals surface area contributed by atoms with Gasteiger partial charge in [0.1, 0.15) is 35.4 Å². The summed E-state index contributed by atoms with van der Waals surface area (Å²) >= 11 is -2.60. The van der Waals surface area contributed by atoms with Gasteiger partial charge < -0.3 is 24.6 Å². The molecule has 7 atom stereocenters. The van der Waals surface area contributed by atoms with Crippen LogP contribution in [0.2, 0.25) is 0 Å². The van der Waals surface area contributed by atoms with E-state index in [1.54, 1.807) is 25.3 Å². The van der Waals surface area contributed by atoms with Crippen LogP contribution < -0.4 is 14.8 Å². The minimum absolute atomic E-state index is 0.0186. The third-order valence-electron chi connectivity index (χ3n) is 11.9. The highest BCUT2D eigenvalue weighted by Crippen LogP contribution is 2.48. The number of carbonyl (C=O) groups excluding carboxylic acids is 4. The van der Waals surface area contributed by atoms with Crippen molar-refractivity contribution in [3.8, 4) is 22.8 Å². The van der Waals surface area contributed by atoms with Crippen molar-refractivity contribution in [2.24, 2.45) is 17.3 Å². The second kappa shape index (κ2) is 16.4. The van der Waals surface area contributed by atoms with E-state index in [0.29, 0.717) is 60.3 Å². The molecular weight excluding hydrogens is 766 g/mol. The van der Waals surface area contributed by atoms with E-state index in [-0.39, 0.29) is 38.3 Å². The lowest BCUT2D eigenvalue weighted by molar-refractivity contribution is -0.149. The Labute approximate surface area is 340 Å². The van der Waals surface area contributed by atoms with E-state index in [2.05, 4.69) is 11.9 Å². The Morgan fingerprint density at radius 2 is 1.86 bits per heavy atom. The quantitative estimate of drug-likeness (QED) is 0.169. The van der Waals surface area contributed by atoms with Crippen LogP contribution in [0.4, 0.5) is 4.39 Å². The SMILES string of the molecule is C=C[C@@H]1C[C@]1(NC(=O)[C@@H]1C[C@@H](Oc2cc(-c3ccccc3)nc3cc(OC)ccc23)CN1C(=O)[C@@H](CC(=O)N1CCCC(F)C1)C(C)(C)C)C(=O)N(C1CC1)S(=O)O. The number of nitrogens with zero attached hydrogens (tertiary/aromatic N) is 4. The van der Waals surface area contributed by atoms with Crippen molar-refractivity contribution in [3.63, 3.8) is 0 Å². The van der Waals surface area contributed by atoms with E-state index >= 15 is 0 Å². The number of piperidine rings is 1. The van der Waals surface area contributed by atoms with E-state index in [4.69, 9.17) is 14.5 Å². The summed E-state index contributed by atoms with van der Waals surface area (Å²) in [6.07, 6.45) is 1.81. The van der Waals surface area contributed by atoms with Gasteiger partial charge in [0.25, 0.3) is 17.2 Å². The van der Waals surface area contributed by atoms with Crippen LogP contribution in [0.3, 0.4) is 0 Å². The maximum atomic E-state index is 14.9. The molecule has 2 unspecified atom stereocenters. The summed E-state index contributed by atoms with van der Waals surface area (Å²) in [5.74, 6) is -2.36. The molecule has 4 fully saturated rings. The predicted octanol–water partition coefficient (Wildman–Crippen LogP) is 5.46. The maximum Gasteiger partial charge on any atom is 0.264 e. The molecule has 1 aromatic heterocycles. The molecule has 2 aliphatic heterocycles. The first-order chi connectivity index (χ1) is 27.6. The Balaban J connectivity index is 1.22. The Hall–Kier alpha value is -4.89. The smallest absolute Gasteiger partial charge is 0.264 e. The number of likely N-dealkylation sites (tertiary alicyclic amines) is 2. The highest BCUT2D eigenvalue weighted by molar-refractivity contribution is 7.77. The third kappa shape index (κ3) is 8.47. The van der Waals surface area contributed by atoms with Crippen molar-refractivity contribution in [1.82, 2.24) is 24.4 Å². The highest BCUT2D eigenvalue weighted by Gasteiger charge is 2.64. The number of methoxy groups -OCH3 is 1. The molecule has 4 amide bonds. The van der Waals surface area contributed by atoms with Crippen LogP contribution >= 0.6 is 0 Å². The summed E-state index contributed by atoms with van der Waals surface area (Å²) in [5, 5.41) is 3.59. The molecule has 2 N–H and O–H groups in total. The van der Waals surface area contributed by atoms with Crippen LogP contribution in [0.1, 0.15) is 65.7 Å². The highest BCUT2D eigenvalue weighted by atomic mass is 32.2. The van der Waals surface area contributed by atoms with Crippen molar-refractivity contribution >= 4 is 45.8 Å². The second-order valence-electron chi connectivity index (χ2n) is 17.0. The number of amides is 4. The van der Waals surface area contributed by atoms with Gasteiger partial charge >= 0.3 is 0 Å². The molecule has 2 saturated carbocycles. The average Bonchev–Trinajstić information content (AvgIpc) is 4.12. The van der Waals surface area contributed by atoms with Gasteiger partial charge in [0.05, 0.1) is 37.3 Å². The maximum absolute atomic E-state index is 14.9. The molecule has 310 valence electrons. The molecule has 58 heavy (non-hydrogen) atoms. The molecule has 7 rings (SSSR count). The lowest BCUT2D eigenvalue weighted by atomic mass is 9.77. The first-order valence-electron chi connectivity index (χ1n) is 20.0. The Morgan fingerprint density at radius 3 is 2.48 bits per heavy atom. The number of aromatic nitrogens is 1. The molecular formula is C43H52FN5O8S. The van der Waals surface area contributed by atoms with Gasteiger partial charge in [-0.2, -0.15) is 0 Å². The van der Waals surface area contributed by atoms with Gasteiger partial charge in [0.2, 0.25) is 17.7 Å². The third-order valence-corrected chi connectivity index (χ3v) is 12.7. The molecule has 15 heteroatoms. The van der Waals surface area contributed by atoms with Crippen molar-refractivity contribution in [2.45, 2.75) is 95.6 Å². The van der Waals surface area contributed by atoms with Crippen LogP contribution in [0.15, 0.2) is 67.3 Å². The number of fused-ring (bicyclic) bond motifs is 1. The van der Waals surface area contributed by atoms with Gasteiger partial charge in [0, 0.05) is 54.4 Å². The van der Waals surface area contributed by atoms with Gasteiger partial charge in [-0.1, -0.05) is 57.2 Å². The number of ether oxygens (including phenoxy) is 2. The van der Waals surface area contributed by atoms with Gasteiger partial charge in [-0.25, -0.2) is 17.9 Å². The number of alkyl halides is 1. The topological polar surface area (TPSA) is 159 Å². The van der Waals surface area contributed by atoms with Crippen molar-refractivity contribution < 1.29 is 41.8 Å². The minimum atomic E-state index is -2.60. The summed E-state index contributed by atoms with van der Waals surface area (Å²) in [6.45, 7) is 9.76. The first kappa shape index (κ1) is 41.3. The number of rotatable bonds is 13. The number of carbonyl (C=O) groups is 4. The average molecular weight is 818 g/mol. The Morgan fingerprint density at radius 1 is 1.12 bits per heavy atom. The summed E-state index contributed by atoms with van der Waals surface area (Å²) < 4.78 is 50.0. The van der Waals surface area contributed by atoms with E-state index in [9.17, 15) is 32.3 Å². The van der Waals surface area contributed by atoms with Gasteiger partial charge in [-0.15, -0.1) is 6.58 Å². The van der Waals surface area contributed by atoms with Gasteiger partial charge in [-0.3, -0.25) is 23.7 Å². The largest absolute Gasteiger partial charge is 0.497 e. The molecule has 3 heterocycles. The molecule has 2 aliphatic carbocycles. The number of halogens is 1. The van der Waals surface area contributed by atoms with Gasteiger partial charge in [0.15, 0.2) is 0 Å². The number of hydrogen-bond donors (Lipinski definition) is 2. The molecule has 0 bridgehead atoms. The minimum Gasteiger partial charge on any atom is -0.497 e. The van der Waals surface area contributed by atoms with Crippen molar-refractivity contribution in [1.29, 1.82) is 0 Å². The molecule has 0 radical (unpaired) electrons. The first-order valence-corrected chi connectivity index (χ1v) is 21.0. The van der Waals surface area contributed by atoms with Crippen LogP contribution in [0.25, 0.3) is 22.2 Å². The van der Waals surface area contributed by atoms with Crippen LogP contribution in [-0.4, -0.2) is 108 Å². The summed E-state index contributed by atoms with van der Waals surface area (Å²) in [6, 6.07) is 15.3. The summed E-state index contributed by atoms with van der Waals surface area (Å²) in [7, 11) is 1.57. The molecule has 2 aromatic carbocycles. The molecule has 2 saturated heterocycles. The number of hydrogen-bond acceptors (Lipinski definition) is 8. The van der Waals surface area contributed by atoms with E-state index in [1.165, 1.54) is 9.80 Å². The zero-order valence-corrected chi connectivity index (χ0v) is 34.2. The summed E-state index contributed by atoms with van der Waals surface area (Å²) in [5.41, 5.74) is -0.137. The van der Waals surface area contributed by atoms with E-state index < -0.39 is 76.1 Å². The lowest BCUT2D eigenvalue weighted by Crippen LogP contribution is -2.57. The van der Waals surface area contributed by atoms with Crippen molar-refractivity contribution in [2.75, 3.05) is 26.7 Å². The predicted molar refractivity (Wildman–Crippen MR) is 216 cm³/mol. The molecule has 3 aromatic rings. The Bertz CT molecular complexity index is 2110. The molecule has 4 aliphatic rings. The fourth-order valence-corrected chi connectivity index (χ4v) is 9.09. The molecule has 13 nitrogen and oxygen atoms in total. The normalized spacial score (nSPS) is 25.4. The van der Waals surface area contributed by atoms with E-state index in [0.717, 1.165) is 9.87 Å². The van der Waals surface area contributed by atoms with Crippen LogP contribution in [0.5, 0.6) is 11.5 Å². The summed E-state index contributed by atoms with van der Waals surface area (Å²) in [4.78, 5) is 64.9. The monoisotopic (exact) mass is 817 g/mol. The fourth-order valence-electron chi connectivity index (χ4n) is 8.32. The van der Waals surface area contributed by atoms with E-state index in [1.807, 2.05) is 63.2 Å². The molecule has 0 spiro atoms.